The zero-order valence-corrected chi connectivity index (χ0v) is 16.7. The van der Waals surface area contributed by atoms with E-state index in [4.69, 9.17) is 11.6 Å². The number of amides is 2. The van der Waals surface area contributed by atoms with Crippen LogP contribution in [0, 0.1) is 0 Å². The lowest BCUT2D eigenvalue weighted by Crippen LogP contribution is -2.30. The number of carbonyl (C=O) groups is 2. The fourth-order valence-corrected chi connectivity index (χ4v) is 2.79. The van der Waals surface area contributed by atoms with E-state index >= 15 is 0 Å². The summed E-state index contributed by atoms with van der Waals surface area (Å²) in [6, 6.07) is 7.00. The highest BCUT2D eigenvalue weighted by atomic mass is 35.5. The van der Waals surface area contributed by atoms with Gasteiger partial charge < -0.3 is 15.5 Å². The standard InChI is InChI=1S/C19H24ClN5O2/c1-5-25(6-2)19-21-11-16(20)17(24-19)18(27)22-12(3)14-8-7-9-15(10-14)23-13(4)26/h7-12H,5-6H2,1-4H3,(H,22,27)(H,23,26). The van der Waals surface area contributed by atoms with Crippen LogP contribution in [0.3, 0.4) is 0 Å². The zero-order valence-electron chi connectivity index (χ0n) is 15.9. The van der Waals surface area contributed by atoms with Crippen LogP contribution in [0.1, 0.15) is 49.8 Å². The van der Waals surface area contributed by atoms with Crippen molar-refractivity contribution in [3.63, 3.8) is 0 Å². The average Bonchev–Trinajstić information content (AvgIpc) is 2.63. The van der Waals surface area contributed by atoms with E-state index in [1.54, 1.807) is 6.07 Å². The predicted octanol–water partition coefficient (Wildman–Crippen LogP) is 3.43. The van der Waals surface area contributed by atoms with Crippen molar-refractivity contribution in [1.82, 2.24) is 15.3 Å². The number of rotatable bonds is 7. The third kappa shape index (κ3) is 5.40. The van der Waals surface area contributed by atoms with Crippen LogP contribution in [0.15, 0.2) is 30.5 Å². The van der Waals surface area contributed by atoms with Gasteiger partial charge in [-0.25, -0.2) is 9.97 Å². The van der Waals surface area contributed by atoms with Gasteiger partial charge in [-0.1, -0.05) is 23.7 Å². The molecule has 0 aliphatic carbocycles. The third-order valence-electron chi connectivity index (χ3n) is 4.05. The van der Waals surface area contributed by atoms with E-state index in [1.165, 1.54) is 13.1 Å². The second-order valence-electron chi connectivity index (χ2n) is 6.04. The van der Waals surface area contributed by atoms with Gasteiger partial charge in [0.1, 0.15) is 0 Å². The summed E-state index contributed by atoms with van der Waals surface area (Å²) in [7, 11) is 0. The van der Waals surface area contributed by atoms with Gasteiger partial charge in [-0.15, -0.1) is 0 Å². The highest BCUT2D eigenvalue weighted by Gasteiger charge is 2.19. The number of hydrogen-bond donors (Lipinski definition) is 2. The Balaban J connectivity index is 2.19. The predicted molar refractivity (Wildman–Crippen MR) is 107 cm³/mol. The lowest BCUT2D eigenvalue weighted by atomic mass is 10.1. The Morgan fingerprint density at radius 3 is 2.59 bits per heavy atom. The van der Waals surface area contributed by atoms with Crippen molar-refractivity contribution >= 4 is 35.1 Å². The maximum Gasteiger partial charge on any atom is 0.272 e. The van der Waals surface area contributed by atoms with Gasteiger partial charge in [-0.2, -0.15) is 0 Å². The Morgan fingerprint density at radius 2 is 1.96 bits per heavy atom. The Bertz CT molecular complexity index is 823. The molecule has 2 amide bonds. The summed E-state index contributed by atoms with van der Waals surface area (Å²) in [6.07, 6.45) is 1.44. The van der Waals surface area contributed by atoms with Crippen LogP contribution < -0.4 is 15.5 Å². The van der Waals surface area contributed by atoms with E-state index in [0.29, 0.717) is 11.6 Å². The first-order chi connectivity index (χ1) is 12.8. The number of carbonyl (C=O) groups excluding carboxylic acids is 2. The molecule has 1 unspecified atom stereocenters. The summed E-state index contributed by atoms with van der Waals surface area (Å²) < 4.78 is 0. The topological polar surface area (TPSA) is 87.2 Å². The molecule has 7 nitrogen and oxygen atoms in total. The van der Waals surface area contributed by atoms with Crippen LogP contribution in [0.4, 0.5) is 11.6 Å². The van der Waals surface area contributed by atoms with E-state index in [-0.39, 0.29) is 28.6 Å². The first kappa shape index (κ1) is 20.6. The average molecular weight is 390 g/mol. The second kappa shape index (κ2) is 9.32. The molecule has 1 aromatic carbocycles. The maximum absolute atomic E-state index is 12.7. The molecule has 2 aromatic rings. The quantitative estimate of drug-likeness (QED) is 0.757. The van der Waals surface area contributed by atoms with Gasteiger partial charge in [0.25, 0.3) is 5.91 Å². The van der Waals surface area contributed by atoms with Gasteiger partial charge in [-0.3, -0.25) is 9.59 Å². The molecular weight excluding hydrogens is 366 g/mol. The fourth-order valence-electron chi connectivity index (χ4n) is 2.61. The van der Waals surface area contributed by atoms with Crippen LogP contribution in [0.5, 0.6) is 0 Å². The van der Waals surface area contributed by atoms with Crippen molar-refractivity contribution in [2.75, 3.05) is 23.3 Å². The van der Waals surface area contributed by atoms with Gasteiger partial charge in [0.15, 0.2) is 5.69 Å². The van der Waals surface area contributed by atoms with Crippen molar-refractivity contribution < 1.29 is 9.59 Å². The van der Waals surface area contributed by atoms with E-state index in [9.17, 15) is 9.59 Å². The van der Waals surface area contributed by atoms with Crippen LogP contribution in [0.25, 0.3) is 0 Å². The third-order valence-corrected chi connectivity index (χ3v) is 4.32. The smallest absolute Gasteiger partial charge is 0.272 e. The van der Waals surface area contributed by atoms with Crippen molar-refractivity contribution in [3.8, 4) is 0 Å². The molecular formula is C19H24ClN5O2. The molecule has 0 spiro atoms. The largest absolute Gasteiger partial charge is 0.344 e. The second-order valence-corrected chi connectivity index (χ2v) is 6.45. The number of nitrogens with zero attached hydrogens (tertiary/aromatic N) is 3. The summed E-state index contributed by atoms with van der Waals surface area (Å²) in [4.78, 5) is 34.4. The van der Waals surface area contributed by atoms with Crippen LogP contribution in [-0.4, -0.2) is 34.9 Å². The number of benzene rings is 1. The molecule has 2 N–H and O–H groups in total. The summed E-state index contributed by atoms with van der Waals surface area (Å²) in [5, 5.41) is 5.82. The normalized spacial score (nSPS) is 11.6. The molecule has 144 valence electrons. The molecule has 8 heteroatoms. The molecule has 2 rings (SSSR count). The first-order valence-corrected chi connectivity index (χ1v) is 9.19. The molecule has 1 heterocycles. The summed E-state index contributed by atoms with van der Waals surface area (Å²) in [6.45, 7) is 8.74. The highest BCUT2D eigenvalue weighted by molar-refractivity contribution is 6.33. The van der Waals surface area contributed by atoms with E-state index in [0.717, 1.165) is 18.7 Å². The van der Waals surface area contributed by atoms with Crippen molar-refractivity contribution in [2.45, 2.75) is 33.7 Å². The van der Waals surface area contributed by atoms with E-state index in [2.05, 4.69) is 20.6 Å². The Hall–Kier alpha value is -2.67. The number of anilines is 2. The minimum absolute atomic E-state index is 0.137. The van der Waals surface area contributed by atoms with Crippen LogP contribution >= 0.6 is 11.6 Å². The number of hydrogen-bond acceptors (Lipinski definition) is 5. The molecule has 0 bridgehead atoms. The monoisotopic (exact) mass is 389 g/mol. The minimum Gasteiger partial charge on any atom is -0.344 e. The van der Waals surface area contributed by atoms with Gasteiger partial charge in [0.2, 0.25) is 11.9 Å². The molecule has 0 saturated carbocycles. The van der Waals surface area contributed by atoms with Crippen LogP contribution in [-0.2, 0) is 4.79 Å². The highest BCUT2D eigenvalue weighted by Crippen LogP contribution is 2.20. The van der Waals surface area contributed by atoms with Crippen molar-refractivity contribution in [3.05, 3.63) is 46.7 Å². The Labute approximate surface area is 164 Å². The minimum atomic E-state index is -0.381. The molecule has 0 fully saturated rings. The van der Waals surface area contributed by atoms with E-state index < -0.39 is 0 Å². The molecule has 0 aliphatic heterocycles. The Kier molecular flexibility index (Phi) is 7.12. The van der Waals surface area contributed by atoms with Gasteiger partial charge in [0.05, 0.1) is 17.3 Å². The van der Waals surface area contributed by atoms with Gasteiger partial charge >= 0.3 is 0 Å². The van der Waals surface area contributed by atoms with Crippen molar-refractivity contribution in [2.24, 2.45) is 0 Å². The summed E-state index contributed by atoms with van der Waals surface area (Å²) in [5.74, 6) is -0.0661. The lowest BCUT2D eigenvalue weighted by molar-refractivity contribution is -0.114. The molecule has 1 aromatic heterocycles. The van der Waals surface area contributed by atoms with Gasteiger partial charge in [-0.05, 0) is 38.5 Å². The fraction of sp³-hybridized carbons (Fsp3) is 0.368. The molecule has 0 saturated heterocycles. The maximum atomic E-state index is 12.7. The number of nitrogens with one attached hydrogen (secondary N) is 2. The van der Waals surface area contributed by atoms with E-state index in [1.807, 2.05) is 43.9 Å². The first-order valence-electron chi connectivity index (χ1n) is 8.81. The number of aromatic nitrogens is 2. The molecule has 0 aliphatic rings. The number of halogens is 1. The summed E-state index contributed by atoms with van der Waals surface area (Å²) >= 11 is 6.14. The molecule has 0 radical (unpaired) electrons. The van der Waals surface area contributed by atoms with Gasteiger partial charge in [0, 0.05) is 25.7 Å². The SMILES string of the molecule is CCN(CC)c1ncc(Cl)c(C(=O)NC(C)c2cccc(NC(C)=O)c2)n1. The molecule has 27 heavy (non-hydrogen) atoms. The van der Waals surface area contributed by atoms with Crippen molar-refractivity contribution in [1.29, 1.82) is 0 Å². The Morgan fingerprint density at radius 1 is 1.26 bits per heavy atom. The molecule has 1 atom stereocenters. The van der Waals surface area contributed by atoms with Crippen LogP contribution in [0.2, 0.25) is 5.02 Å². The summed E-state index contributed by atoms with van der Waals surface area (Å²) in [5.41, 5.74) is 1.66. The zero-order chi connectivity index (χ0) is 20.0. The lowest BCUT2D eigenvalue weighted by Gasteiger charge is -2.20.